The van der Waals surface area contributed by atoms with Gasteiger partial charge in [-0.2, -0.15) is 0 Å². The molecule has 4 rings (SSSR count). The van der Waals surface area contributed by atoms with Crippen LogP contribution in [0.5, 0.6) is 5.75 Å². The maximum Gasteiger partial charge on any atom is 0.294 e. The van der Waals surface area contributed by atoms with Crippen LogP contribution >= 0.6 is 0 Å². The number of fused-ring (bicyclic) bond motifs is 1. The van der Waals surface area contributed by atoms with Crippen molar-refractivity contribution in [1.29, 1.82) is 0 Å². The van der Waals surface area contributed by atoms with Gasteiger partial charge in [0.15, 0.2) is 5.76 Å². The number of hydrogen-bond donors (Lipinski definition) is 1. The number of amides is 2. The highest BCUT2D eigenvalue weighted by Gasteiger charge is 2.24. The maximum absolute atomic E-state index is 13.3. The van der Waals surface area contributed by atoms with E-state index in [1.54, 1.807) is 31.3 Å². The Hall–Kier alpha value is -4.06. The third kappa shape index (κ3) is 3.75. The topological polar surface area (TPSA) is 85.8 Å². The average molecular weight is 400 g/mol. The van der Waals surface area contributed by atoms with Gasteiger partial charge in [0, 0.05) is 29.2 Å². The van der Waals surface area contributed by atoms with Crippen molar-refractivity contribution in [3.8, 4) is 5.75 Å². The van der Waals surface area contributed by atoms with Crippen molar-refractivity contribution >= 4 is 28.5 Å². The number of para-hydroxylation sites is 2. The van der Waals surface area contributed by atoms with Gasteiger partial charge in [0.05, 0.1) is 0 Å². The number of furan rings is 1. The fraction of sp³-hybridized carbons (Fsp3) is 0.0833. The first-order valence-corrected chi connectivity index (χ1v) is 9.41. The second-order valence-electron chi connectivity index (χ2n) is 6.78. The smallest absolute Gasteiger partial charge is 0.294 e. The fourth-order valence-electron chi connectivity index (χ4n) is 3.21. The van der Waals surface area contributed by atoms with Crippen LogP contribution in [-0.2, 0) is 6.61 Å². The van der Waals surface area contributed by atoms with E-state index < -0.39 is 5.91 Å². The highest BCUT2D eigenvalue weighted by molar-refractivity contribution is 6.08. The Morgan fingerprint density at radius 2 is 1.60 bits per heavy atom. The van der Waals surface area contributed by atoms with Crippen molar-refractivity contribution < 1.29 is 18.7 Å². The highest BCUT2D eigenvalue weighted by atomic mass is 16.5. The summed E-state index contributed by atoms with van der Waals surface area (Å²) in [6, 6.07) is 23.4. The second-order valence-corrected chi connectivity index (χ2v) is 6.78. The Morgan fingerprint density at radius 3 is 2.30 bits per heavy atom. The second kappa shape index (κ2) is 8.13. The Balaban J connectivity index is 1.66. The molecule has 0 fully saturated rings. The van der Waals surface area contributed by atoms with Crippen molar-refractivity contribution in [3.63, 3.8) is 0 Å². The van der Waals surface area contributed by atoms with Crippen LogP contribution in [0.2, 0.25) is 0 Å². The lowest BCUT2D eigenvalue weighted by Crippen LogP contribution is -2.27. The molecular weight excluding hydrogens is 380 g/mol. The Kier molecular flexibility index (Phi) is 5.22. The molecule has 0 aliphatic heterocycles. The first kappa shape index (κ1) is 19.3. The van der Waals surface area contributed by atoms with E-state index in [9.17, 15) is 9.59 Å². The van der Waals surface area contributed by atoms with E-state index >= 15 is 0 Å². The molecule has 0 unspecified atom stereocenters. The molecule has 0 bridgehead atoms. The molecule has 0 aliphatic rings. The minimum atomic E-state index is -0.520. The number of nitrogens with two attached hydrogens (primary N) is 1. The predicted octanol–water partition coefficient (Wildman–Crippen LogP) is 4.39. The molecule has 0 saturated carbocycles. The number of ether oxygens (including phenoxy) is 1. The lowest BCUT2D eigenvalue weighted by Gasteiger charge is -2.17. The summed E-state index contributed by atoms with van der Waals surface area (Å²) in [5.41, 5.74) is 7.57. The van der Waals surface area contributed by atoms with Gasteiger partial charge < -0.3 is 19.8 Å². The Bertz CT molecular complexity index is 1200. The van der Waals surface area contributed by atoms with E-state index in [0.717, 1.165) is 5.39 Å². The standard InChI is InChI=1S/C24H20N2O4/c1-26(17-13-11-16(12-14-17)23(25)27)24(28)22-20(15-29-18-7-3-2-4-8-18)19-9-5-6-10-21(19)30-22/h2-14H,15H2,1H3,(H2,25,27). The molecule has 3 aromatic carbocycles. The maximum atomic E-state index is 13.3. The van der Waals surface area contributed by atoms with E-state index in [-0.39, 0.29) is 18.3 Å². The normalized spacial score (nSPS) is 10.7. The lowest BCUT2D eigenvalue weighted by atomic mass is 10.1. The van der Waals surface area contributed by atoms with E-state index in [1.165, 1.54) is 4.90 Å². The SMILES string of the molecule is CN(C(=O)c1oc2ccccc2c1COc1ccccc1)c1ccc(C(N)=O)cc1. The summed E-state index contributed by atoms with van der Waals surface area (Å²) in [6.45, 7) is 0.191. The molecular formula is C24H20N2O4. The number of anilines is 1. The molecule has 0 atom stereocenters. The van der Waals surface area contributed by atoms with Crippen molar-refractivity contribution in [1.82, 2.24) is 0 Å². The zero-order valence-corrected chi connectivity index (χ0v) is 16.4. The Morgan fingerprint density at radius 1 is 0.933 bits per heavy atom. The zero-order chi connectivity index (χ0) is 21.1. The van der Waals surface area contributed by atoms with Gasteiger partial charge in [-0.15, -0.1) is 0 Å². The Labute approximate surface area is 173 Å². The van der Waals surface area contributed by atoms with E-state index in [2.05, 4.69) is 0 Å². The fourth-order valence-corrected chi connectivity index (χ4v) is 3.21. The van der Waals surface area contributed by atoms with Gasteiger partial charge in [-0.3, -0.25) is 9.59 Å². The molecule has 0 spiro atoms. The zero-order valence-electron chi connectivity index (χ0n) is 16.4. The molecule has 1 aromatic heterocycles. The summed E-state index contributed by atoms with van der Waals surface area (Å²) >= 11 is 0. The van der Waals surface area contributed by atoms with Crippen LogP contribution in [0, 0.1) is 0 Å². The van der Waals surface area contributed by atoms with Crippen molar-refractivity contribution in [3.05, 3.63) is 95.7 Å². The first-order valence-electron chi connectivity index (χ1n) is 9.41. The van der Waals surface area contributed by atoms with Gasteiger partial charge in [-0.05, 0) is 42.5 Å². The van der Waals surface area contributed by atoms with Crippen LogP contribution in [0.25, 0.3) is 11.0 Å². The average Bonchev–Trinajstić information content (AvgIpc) is 3.16. The van der Waals surface area contributed by atoms with Gasteiger partial charge in [-0.1, -0.05) is 36.4 Å². The molecule has 2 N–H and O–H groups in total. The van der Waals surface area contributed by atoms with E-state index in [4.69, 9.17) is 14.9 Å². The monoisotopic (exact) mass is 400 g/mol. The number of carbonyl (C=O) groups excluding carboxylic acids is 2. The van der Waals surface area contributed by atoms with Crippen LogP contribution in [0.15, 0.2) is 83.3 Å². The van der Waals surface area contributed by atoms with Crippen LogP contribution in [0.3, 0.4) is 0 Å². The van der Waals surface area contributed by atoms with Crippen molar-refractivity contribution in [2.45, 2.75) is 6.61 Å². The van der Waals surface area contributed by atoms with Crippen LogP contribution in [0.1, 0.15) is 26.5 Å². The number of rotatable bonds is 6. The summed E-state index contributed by atoms with van der Waals surface area (Å²) in [5, 5.41) is 0.828. The highest BCUT2D eigenvalue weighted by Crippen LogP contribution is 2.29. The number of primary amides is 1. The summed E-state index contributed by atoms with van der Waals surface area (Å²) in [5.74, 6) is 0.0861. The summed E-state index contributed by atoms with van der Waals surface area (Å²) in [4.78, 5) is 26.0. The van der Waals surface area contributed by atoms with Gasteiger partial charge in [0.2, 0.25) is 5.91 Å². The van der Waals surface area contributed by atoms with Crippen LogP contribution in [-0.4, -0.2) is 18.9 Å². The number of benzene rings is 3. The van der Waals surface area contributed by atoms with Crippen molar-refractivity contribution in [2.75, 3.05) is 11.9 Å². The third-order valence-electron chi connectivity index (χ3n) is 4.86. The van der Waals surface area contributed by atoms with Gasteiger partial charge in [-0.25, -0.2) is 0 Å². The number of nitrogens with zero attached hydrogens (tertiary/aromatic N) is 1. The molecule has 6 nitrogen and oxygen atoms in total. The summed E-state index contributed by atoms with van der Waals surface area (Å²) < 4.78 is 11.8. The largest absolute Gasteiger partial charge is 0.489 e. The quantitative estimate of drug-likeness (QED) is 0.520. The first-order chi connectivity index (χ1) is 14.5. The lowest BCUT2D eigenvalue weighted by molar-refractivity contribution is 0.0964. The molecule has 1 heterocycles. The molecule has 2 amide bonds. The number of hydrogen-bond acceptors (Lipinski definition) is 4. The van der Waals surface area contributed by atoms with Crippen LogP contribution in [0.4, 0.5) is 5.69 Å². The third-order valence-corrected chi connectivity index (χ3v) is 4.86. The molecule has 4 aromatic rings. The minimum Gasteiger partial charge on any atom is -0.489 e. The molecule has 150 valence electrons. The molecule has 6 heteroatoms. The van der Waals surface area contributed by atoms with Crippen LogP contribution < -0.4 is 15.4 Å². The molecule has 0 radical (unpaired) electrons. The summed E-state index contributed by atoms with van der Waals surface area (Å²) in [7, 11) is 1.65. The number of carbonyl (C=O) groups is 2. The summed E-state index contributed by atoms with van der Waals surface area (Å²) in [6.07, 6.45) is 0. The molecule has 30 heavy (non-hydrogen) atoms. The van der Waals surface area contributed by atoms with Gasteiger partial charge in [0.1, 0.15) is 17.9 Å². The van der Waals surface area contributed by atoms with E-state index in [0.29, 0.717) is 28.1 Å². The molecule has 0 aliphatic carbocycles. The molecule has 0 saturated heterocycles. The van der Waals surface area contributed by atoms with Gasteiger partial charge in [0.25, 0.3) is 5.91 Å². The minimum absolute atomic E-state index is 0.191. The predicted molar refractivity (Wildman–Crippen MR) is 115 cm³/mol. The van der Waals surface area contributed by atoms with E-state index in [1.807, 2.05) is 54.6 Å². The van der Waals surface area contributed by atoms with Gasteiger partial charge >= 0.3 is 0 Å². The van der Waals surface area contributed by atoms with Crippen molar-refractivity contribution in [2.24, 2.45) is 5.73 Å².